The Morgan fingerprint density at radius 3 is 2.80 bits per heavy atom. The Kier molecular flexibility index (Phi) is 5.70. The molecule has 1 fully saturated rings. The van der Waals surface area contributed by atoms with Crippen molar-refractivity contribution < 1.29 is 9.90 Å². The first kappa shape index (κ1) is 20.0. The van der Waals surface area contributed by atoms with Crippen LogP contribution in [0.25, 0.3) is 22.6 Å². The molecule has 0 unspecified atom stereocenters. The van der Waals surface area contributed by atoms with Crippen LogP contribution in [-0.4, -0.2) is 77.8 Å². The van der Waals surface area contributed by atoms with Crippen molar-refractivity contribution in [3.63, 3.8) is 0 Å². The molecule has 11 heteroatoms. The lowest BCUT2D eigenvalue weighted by molar-refractivity contribution is 0.203. The van der Waals surface area contributed by atoms with Gasteiger partial charge in [0.15, 0.2) is 17.0 Å². The molecule has 1 aliphatic rings. The highest BCUT2D eigenvalue weighted by atomic mass is 16.3. The third-order valence-electron chi connectivity index (χ3n) is 5.09. The number of likely N-dealkylation sites (tertiary alicyclic amines) is 1. The third-order valence-corrected chi connectivity index (χ3v) is 5.09. The Hall–Kier alpha value is -3.34. The van der Waals surface area contributed by atoms with E-state index in [0.717, 1.165) is 23.5 Å². The molecule has 0 aromatic carbocycles. The van der Waals surface area contributed by atoms with Crippen LogP contribution in [0.1, 0.15) is 19.2 Å². The molecule has 0 spiro atoms. The Labute approximate surface area is 173 Å². The number of hydrogen-bond donors (Lipinski definition) is 3. The molecule has 2 amide bonds. The second kappa shape index (κ2) is 8.57. The molecule has 1 aliphatic heterocycles. The van der Waals surface area contributed by atoms with Crippen molar-refractivity contribution in [1.82, 2.24) is 39.7 Å². The SMILES string of the molecule is CCn1c(-c2cnc(C)nc2)nc2c(N[C@H]3CCN(C(=O)NCCO)C3)ncnc21. The summed E-state index contributed by atoms with van der Waals surface area (Å²) < 4.78 is 2.01. The number of fused-ring (bicyclic) bond motifs is 1. The van der Waals surface area contributed by atoms with Crippen molar-refractivity contribution in [3.8, 4) is 11.4 Å². The van der Waals surface area contributed by atoms with E-state index in [1.165, 1.54) is 6.33 Å². The predicted octanol–water partition coefficient (Wildman–Crippen LogP) is 0.800. The summed E-state index contributed by atoms with van der Waals surface area (Å²) >= 11 is 0. The lowest BCUT2D eigenvalue weighted by atomic mass is 10.2. The number of nitrogens with one attached hydrogen (secondary N) is 2. The molecular weight excluding hydrogens is 386 g/mol. The quantitative estimate of drug-likeness (QED) is 0.542. The number of nitrogens with zero attached hydrogens (tertiary/aromatic N) is 7. The summed E-state index contributed by atoms with van der Waals surface area (Å²) in [6.45, 7) is 5.94. The summed E-state index contributed by atoms with van der Waals surface area (Å²) in [7, 11) is 0. The van der Waals surface area contributed by atoms with Crippen molar-refractivity contribution in [2.24, 2.45) is 0 Å². The van der Waals surface area contributed by atoms with Crippen LogP contribution in [0.15, 0.2) is 18.7 Å². The number of aromatic nitrogens is 6. The van der Waals surface area contributed by atoms with Crippen molar-refractivity contribution in [3.05, 3.63) is 24.5 Å². The van der Waals surface area contributed by atoms with E-state index in [1.807, 2.05) is 18.4 Å². The van der Waals surface area contributed by atoms with Gasteiger partial charge in [0.2, 0.25) is 0 Å². The number of aliphatic hydroxyl groups excluding tert-OH is 1. The van der Waals surface area contributed by atoms with Crippen LogP contribution in [0.4, 0.5) is 10.6 Å². The van der Waals surface area contributed by atoms with E-state index < -0.39 is 0 Å². The van der Waals surface area contributed by atoms with E-state index in [1.54, 1.807) is 17.3 Å². The first-order valence-corrected chi connectivity index (χ1v) is 10.0. The molecule has 0 saturated carbocycles. The molecule has 3 N–H and O–H groups in total. The minimum Gasteiger partial charge on any atom is -0.395 e. The summed E-state index contributed by atoms with van der Waals surface area (Å²) in [6.07, 6.45) is 5.84. The predicted molar refractivity (Wildman–Crippen MR) is 111 cm³/mol. The number of imidazole rings is 1. The largest absolute Gasteiger partial charge is 0.395 e. The fourth-order valence-electron chi connectivity index (χ4n) is 3.60. The molecular formula is C19H25N9O2. The summed E-state index contributed by atoms with van der Waals surface area (Å²) in [5.41, 5.74) is 2.23. The fourth-order valence-corrected chi connectivity index (χ4v) is 3.60. The van der Waals surface area contributed by atoms with Crippen LogP contribution in [0, 0.1) is 6.92 Å². The summed E-state index contributed by atoms with van der Waals surface area (Å²) in [5.74, 6) is 2.09. The number of rotatable bonds is 6. The van der Waals surface area contributed by atoms with Gasteiger partial charge in [-0.3, -0.25) is 0 Å². The van der Waals surface area contributed by atoms with Gasteiger partial charge in [0, 0.05) is 44.6 Å². The topological polar surface area (TPSA) is 134 Å². The zero-order valence-corrected chi connectivity index (χ0v) is 17.0. The first-order valence-electron chi connectivity index (χ1n) is 10.0. The van der Waals surface area contributed by atoms with Crippen LogP contribution in [0.2, 0.25) is 0 Å². The van der Waals surface area contributed by atoms with Crippen molar-refractivity contribution in [2.75, 3.05) is 31.6 Å². The number of anilines is 1. The molecule has 3 aromatic heterocycles. The van der Waals surface area contributed by atoms with Gasteiger partial charge in [-0.2, -0.15) is 0 Å². The smallest absolute Gasteiger partial charge is 0.317 e. The normalized spacial score (nSPS) is 16.2. The average molecular weight is 411 g/mol. The van der Waals surface area contributed by atoms with Gasteiger partial charge in [0.25, 0.3) is 0 Å². The number of carbonyl (C=O) groups excluding carboxylic acids is 1. The van der Waals surface area contributed by atoms with Gasteiger partial charge in [-0.15, -0.1) is 0 Å². The minimum absolute atomic E-state index is 0.0564. The highest BCUT2D eigenvalue weighted by molar-refractivity contribution is 5.86. The molecule has 30 heavy (non-hydrogen) atoms. The zero-order chi connectivity index (χ0) is 21.1. The molecule has 158 valence electrons. The van der Waals surface area contributed by atoms with Crippen molar-refractivity contribution >= 4 is 23.0 Å². The van der Waals surface area contributed by atoms with Crippen LogP contribution in [0.3, 0.4) is 0 Å². The van der Waals surface area contributed by atoms with Crippen molar-refractivity contribution in [1.29, 1.82) is 0 Å². The highest BCUT2D eigenvalue weighted by Gasteiger charge is 2.27. The Balaban J connectivity index is 1.58. The number of urea groups is 1. The summed E-state index contributed by atoms with van der Waals surface area (Å²) in [5, 5.41) is 15.0. The fraction of sp³-hybridized carbons (Fsp3) is 0.474. The van der Waals surface area contributed by atoms with Gasteiger partial charge in [0.05, 0.1) is 12.2 Å². The molecule has 0 bridgehead atoms. The number of amides is 2. The Bertz CT molecular complexity index is 1030. The first-order chi connectivity index (χ1) is 14.6. The van der Waals surface area contributed by atoms with Gasteiger partial charge in [-0.1, -0.05) is 0 Å². The maximum atomic E-state index is 12.1. The molecule has 11 nitrogen and oxygen atoms in total. The van der Waals surface area contributed by atoms with Gasteiger partial charge in [0.1, 0.15) is 18.0 Å². The lowest BCUT2D eigenvalue weighted by Crippen LogP contribution is -2.40. The van der Waals surface area contributed by atoms with Crippen LogP contribution >= 0.6 is 0 Å². The van der Waals surface area contributed by atoms with Crippen LogP contribution in [0.5, 0.6) is 0 Å². The molecule has 1 saturated heterocycles. The number of carbonyl (C=O) groups is 1. The molecule has 4 rings (SSSR count). The van der Waals surface area contributed by atoms with E-state index in [2.05, 4.69) is 30.6 Å². The Morgan fingerprint density at radius 2 is 2.07 bits per heavy atom. The molecule has 3 aromatic rings. The van der Waals surface area contributed by atoms with Crippen LogP contribution < -0.4 is 10.6 Å². The monoisotopic (exact) mass is 411 g/mol. The third kappa shape index (κ3) is 3.88. The van der Waals surface area contributed by atoms with Crippen LogP contribution in [-0.2, 0) is 6.54 Å². The molecule has 0 aliphatic carbocycles. The minimum atomic E-state index is -0.168. The summed E-state index contributed by atoms with van der Waals surface area (Å²) in [4.78, 5) is 36.0. The van der Waals surface area contributed by atoms with Gasteiger partial charge in [-0.25, -0.2) is 29.7 Å². The summed E-state index contributed by atoms with van der Waals surface area (Å²) in [6, 6.07) is -0.112. The van der Waals surface area contributed by atoms with E-state index in [4.69, 9.17) is 10.1 Å². The standard InChI is InChI=1S/C19H25N9O2/c1-3-28-17(13-8-21-12(2)22-9-13)26-15-16(23-11-24-18(15)28)25-14-4-6-27(10-14)19(30)20-5-7-29/h8-9,11,14,29H,3-7,10H2,1-2H3,(H,20,30)(H,23,24,25)/t14-/m0/s1. The Morgan fingerprint density at radius 1 is 1.27 bits per heavy atom. The van der Waals surface area contributed by atoms with Gasteiger partial charge >= 0.3 is 6.03 Å². The molecule has 1 atom stereocenters. The number of aliphatic hydroxyl groups is 1. The maximum Gasteiger partial charge on any atom is 0.317 e. The van der Waals surface area contributed by atoms with E-state index in [0.29, 0.717) is 36.8 Å². The lowest BCUT2D eigenvalue weighted by Gasteiger charge is -2.17. The highest BCUT2D eigenvalue weighted by Crippen LogP contribution is 2.27. The zero-order valence-electron chi connectivity index (χ0n) is 17.0. The van der Waals surface area contributed by atoms with E-state index in [9.17, 15) is 4.79 Å². The van der Waals surface area contributed by atoms with Gasteiger partial charge in [-0.05, 0) is 20.3 Å². The maximum absolute atomic E-state index is 12.1. The number of aryl methyl sites for hydroxylation is 2. The second-order valence-corrected chi connectivity index (χ2v) is 7.12. The number of hydrogen-bond acceptors (Lipinski definition) is 8. The molecule has 4 heterocycles. The van der Waals surface area contributed by atoms with E-state index >= 15 is 0 Å². The van der Waals surface area contributed by atoms with E-state index in [-0.39, 0.29) is 25.2 Å². The van der Waals surface area contributed by atoms with Gasteiger partial charge < -0.3 is 25.2 Å². The molecule has 0 radical (unpaired) electrons. The average Bonchev–Trinajstić information content (AvgIpc) is 3.37. The van der Waals surface area contributed by atoms with Crippen molar-refractivity contribution in [2.45, 2.75) is 32.9 Å². The second-order valence-electron chi connectivity index (χ2n) is 7.12.